The minimum Gasteiger partial charge on any atom is -0.481 e. The Morgan fingerprint density at radius 3 is 2.57 bits per heavy atom. The van der Waals surface area contributed by atoms with E-state index < -0.39 is 21.7 Å². The maximum Gasteiger partial charge on any atom is 0.303 e. The van der Waals surface area contributed by atoms with Gasteiger partial charge in [0.2, 0.25) is 0 Å². The Kier molecular flexibility index (Phi) is 5.90. The van der Waals surface area contributed by atoms with Crippen molar-refractivity contribution >= 4 is 21.7 Å². The van der Waals surface area contributed by atoms with Crippen LogP contribution < -0.4 is 5.32 Å². The number of carboxylic acids is 1. The Morgan fingerprint density at radius 1 is 1.33 bits per heavy atom. The maximum absolute atomic E-state index is 12.0. The van der Waals surface area contributed by atoms with E-state index in [4.69, 9.17) is 5.11 Å². The SMILES string of the molecule is CCS(=O)(=O)c1cccc(C(=O)NC(C)CCC(=O)O)c1. The minimum atomic E-state index is -3.36. The van der Waals surface area contributed by atoms with Crippen LogP contribution in [0.5, 0.6) is 0 Å². The summed E-state index contributed by atoms with van der Waals surface area (Å²) in [6, 6.07) is 5.51. The first-order chi connectivity index (χ1) is 9.76. The third-order valence-corrected chi connectivity index (χ3v) is 4.74. The molecule has 1 rings (SSSR count). The molecule has 0 fully saturated rings. The number of carbonyl (C=O) groups excluding carboxylic acids is 1. The van der Waals surface area contributed by atoms with Crippen LogP contribution in [0.3, 0.4) is 0 Å². The van der Waals surface area contributed by atoms with Gasteiger partial charge in [0.15, 0.2) is 9.84 Å². The molecule has 0 aliphatic carbocycles. The highest BCUT2D eigenvalue weighted by Crippen LogP contribution is 2.13. The van der Waals surface area contributed by atoms with Crippen LogP contribution in [0, 0.1) is 0 Å². The summed E-state index contributed by atoms with van der Waals surface area (Å²) in [4.78, 5) is 22.6. The summed E-state index contributed by atoms with van der Waals surface area (Å²) in [6.45, 7) is 3.24. The lowest BCUT2D eigenvalue weighted by Gasteiger charge is -2.13. The van der Waals surface area contributed by atoms with Crippen molar-refractivity contribution in [1.82, 2.24) is 5.32 Å². The summed E-state index contributed by atoms with van der Waals surface area (Å²) in [5, 5.41) is 11.2. The van der Waals surface area contributed by atoms with E-state index in [1.807, 2.05) is 0 Å². The number of amides is 1. The Morgan fingerprint density at radius 2 is 2.00 bits per heavy atom. The van der Waals surface area contributed by atoms with Crippen LogP contribution >= 0.6 is 0 Å². The smallest absolute Gasteiger partial charge is 0.303 e. The molecule has 0 radical (unpaired) electrons. The first kappa shape index (κ1) is 17.2. The van der Waals surface area contributed by atoms with Gasteiger partial charge in [-0.25, -0.2) is 8.42 Å². The van der Waals surface area contributed by atoms with E-state index >= 15 is 0 Å². The maximum atomic E-state index is 12.0. The molecule has 116 valence electrons. The van der Waals surface area contributed by atoms with Crippen molar-refractivity contribution in [1.29, 1.82) is 0 Å². The predicted octanol–water partition coefficient (Wildman–Crippen LogP) is 1.46. The Labute approximate surface area is 124 Å². The van der Waals surface area contributed by atoms with E-state index in [2.05, 4.69) is 5.32 Å². The fourth-order valence-electron chi connectivity index (χ4n) is 1.72. The van der Waals surface area contributed by atoms with Gasteiger partial charge in [0.1, 0.15) is 0 Å². The second kappa shape index (κ2) is 7.21. The summed E-state index contributed by atoms with van der Waals surface area (Å²) >= 11 is 0. The van der Waals surface area contributed by atoms with Gasteiger partial charge in [-0.1, -0.05) is 13.0 Å². The molecule has 0 saturated heterocycles. The number of carbonyl (C=O) groups is 2. The normalized spacial score (nSPS) is 12.7. The third-order valence-electron chi connectivity index (χ3n) is 3.00. The van der Waals surface area contributed by atoms with Crippen LogP contribution in [-0.2, 0) is 14.6 Å². The van der Waals surface area contributed by atoms with E-state index in [0.29, 0.717) is 6.42 Å². The number of aliphatic carboxylic acids is 1. The molecule has 0 bridgehead atoms. The molecular weight excluding hydrogens is 294 g/mol. The van der Waals surface area contributed by atoms with Gasteiger partial charge in [0, 0.05) is 18.0 Å². The monoisotopic (exact) mass is 313 g/mol. The largest absolute Gasteiger partial charge is 0.481 e. The summed E-state index contributed by atoms with van der Waals surface area (Å²) in [7, 11) is -3.36. The molecule has 6 nitrogen and oxygen atoms in total. The second-order valence-electron chi connectivity index (χ2n) is 4.74. The summed E-state index contributed by atoms with van der Waals surface area (Å²) in [6.07, 6.45) is 0.278. The van der Waals surface area contributed by atoms with Crippen LogP contribution in [0.2, 0.25) is 0 Å². The third kappa shape index (κ3) is 5.18. The Balaban J connectivity index is 2.80. The van der Waals surface area contributed by atoms with E-state index in [9.17, 15) is 18.0 Å². The molecule has 1 aromatic rings. The zero-order valence-electron chi connectivity index (χ0n) is 12.0. The topological polar surface area (TPSA) is 101 Å². The Hall–Kier alpha value is -1.89. The summed E-state index contributed by atoms with van der Waals surface area (Å²) in [5.41, 5.74) is 0.242. The van der Waals surface area contributed by atoms with Gasteiger partial charge < -0.3 is 10.4 Å². The molecule has 1 unspecified atom stereocenters. The van der Waals surface area contributed by atoms with Crippen LogP contribution in [0.25, 0.3) is 0 Å². The molecule has 1 amide bonds. The van der Waals surface area contributed by atoms with Gasteiger partial charge in [-0.2, -0.15) is 0 Å². The molecule has 1 atom stereocenters. The van der Waals surface area contributed by atoms with Crippen LogP contribution in [-0.4, -0.2) is 37.2 Å². The van der Waals surface area contributed by atoms with Crippen LogP contribution in [0.1, 0.15) is 37.0 Å². The van der Waals surface area contributed by atoms with Gasteiger partial charge in [-0.05, 0) is 31.5 Å². The molecule has 0 aromatic heterocycles. The molecule has 0 heterocycles. The van der Waals surface area contributed by atoms with Crippen LogP contribution in [0.4, 0.5) is 0 Å². The molecule has 0 saturated carbocycles. The zero-order chi connectivity index (χ0) is 16.0. The summed E-state index contributed by atoms with van der Waals surface area (Å²) in [5.74, 6) is -1.37. The average Bonchev–Trinajstić information content (AvgIpc) is 2.45. The second-order valence-corrected chi connectivity index (χ2v) is 7.02. The van der Waals surface area contributed by atoms with Gasteiger partial charge >= 0.3 is 5.97 Å². The lowest BCUT2D eigenvalue weighted by atomic mass is 10.1. The van der Waals surface area contributed by atoms with Crippen LogP contribution in [0.15, 0.2) is 29.2 Å². The van der Waals surface area contributed by atoms with E-state index in [0.717, 1.165) is 0 Å². The standard InChI is InChI=1S/C14H19NO5S/c1-3-21(19,20)12-6-4-5-11(9-12)14(18)15-10(2)7-8-13(16)17/h4-6,9-10H,3,7-8H2,1-2H3,(H,15,18)(H,16,17). The quantitative estimate of drug-likeness (QED) is 0.793. The number of carboxylic acid groups (broad SMARTS) is 1. The fraction of sp³-hybridized carbons (Fsp3) is 0.429. The van der Waals surface area contributed by atoms with Crippen molar-refractivity contribution < 1.29 is 23.1 Å². The highest BCUT2D eigenvalue weighted by molar-refractivity contribution is 7.91. The predicted molar refractivity (Wildman–Crippen MR) is 78.0 cm³/mol. The zero-order valence-corrected chi connectivity index (χ0v) is 12.8. The van der Waals surface area contributed by atoms with Gasteiger partial charge in [-0.15, -0.1) is 0 Å². The van der Waals surface area contributed by atoms with Crippen molar-refractivity contribution in [2.75, 3.05) is 5.75 Å². The molecule has 1 aromatic carbocycles. The summed E-state index contributed by atoms with van der Waals surface area (Å²) < 4.78 is 23.6. The van der Waals surface area contributed by atoms with Crippen molar-refractivity contribution in [3.8, 4) is 0 Å². The van der Waals surface area contributed by atoms with E-state index in [1.165, 1.54) is 31.2 Å². The molecule has 2 N–H and O–H groups in total. The molecule has 0 spiro atoms. The lowest BCUT2D eigenvalue weighted by Crippen LogP contribution is -2.33. The Bertz CT molecular complexity index is 624. The number of sulfone groups is 1. The first-order valence-corrected chi connectivity index (χ1v) is 8.27. The fourth-order valence-corrected chi connectivity index (χ4v) is 2.64. The molecular formula is C14H19NO5S. The van der Waals surface area contributed by atoms with Crippen molar-refractivity contribution in [2.24, 2.45) is 0 Å². The minimum absolute atomic E-state index is 0.0346. The molecule has 7 heteroatoms. The number of nitrogens with one attached hydrogen (secondary N) is 1. The highest BCUT2D eigenvalue weighted by Gasteiger charge is 2.15. The average molecular weight is 313 g/mol. The lowest BCUT2D eigenvalue weighted by molar-refractivity contribution is -0.137. The number of hydrogen-bond donors (Lipinski definition) is 2. The van der Waals surface area contributed by atoms with Crippen molar-refractivity contribution in [2.45, 2.75) is 37.6 Å². The van der Waals surface area contributed by atoms with Crippen molar-refractivity contribution in [3.63, 3.8) is 0 Å². The van der Waals surface area contributed by atoms with E-state index in [-0.39, 0.29) is 28.7 Å². The van der Waals surface area contributed by atoms with Gasteiger partial charge in [0.05, 0.1) is 10.6 Å². The van der Waals surface area contributed by atoms with Gasteiger partial charge in [-0.3, -0.25) is 9.59 Å². The number of benzene rings is 1. The van der Waals surface area contributed by atoms with Crippen molar-refractivity contribution in [3.05, 3.63) is 29.8 Å². The van der Waals surface area contributed by atoms with Gasteiger partial charge in [0.25, 0.3) is 5.91 Å². The molecule has 0 aliphatic heterocycles. The number of hydrogen-bond acceptors (Lipinski definition) is 4. The van der Waals surface area contributed by atoms with E-state index in [1.54, 1.807) is 6.92 Å². The highest BCUT2D eigenvalue weighted by atomic mass is 32.2. The molecule has 21 heavy (non-hydrogen) atoms. The first-order valence-electron chi connectivity index (χ1n) is 6.61. The molecule has 0 aliphatic rings. The number of rotatable bonds is 7.